The van der Waals surface area contributed by atoms with E-state index in [4.69, 9.17) is 4.42 Å². The first-order valence-corrected chi connectivity index (χ1v) is 9.62. The maximum Gasteiger partial charge on any atom is 0.321 e. The molecule has 0 unspecified atom stereocenters. The van der Waals surface area contributed by atoms with Crippen molar-refractivity contribution in [2.24, 2.45) is 0 Å². The number of rotatable bonds is 4. The highest BCUT2D eigenvalue weighted by molar-refractivity contribution is 5.97. The van der Waals surface area contributed by atoms with E-state index in [1.54, 1.807) is 43.1 Å². The Labute approximate surface area is 169 Å². The molecule has 1 aromatic carbocycles. The van der Waals surface area contributed by atoms with Gasteiger partial charge in [0.15, 0.2) is 0 Å². The lowest BCUT2D eigenvalue weighted by molar-refractivity contribution is 0.0916. The van der Waals surface area contributed by atoms with Crippen molar-refractivity contribution in [2.45, 2.75) is 32.7 Å². The zero-order chi connectivity index (χ0) is 21.0. The molecule has 0 bridgehead atoms. The molecule has 0 atom stereocenters. The molecule has 2 heterocycles. The Hall–Kier alpha value is -3.29. The molecule has 0 spiro atoms. The van der Waals surface area contributed by atoms with Gasteiger partial charge in [0.2, 0.25) is 0 Å². The van der Waals surface area contributed by atoms with Gasteiger partial charge in [-0.25, -0.2) is 4.79 Å². The van der Waals surface area contributed by atoms with Crippen LogP contribution in [0.3, 0.4) is 0 Å². The van der Waals surface area contributed by atoms with Crippen LogP contribution < -0.4 is 16.0 Å². The zero-order valence-electron chi connectivity index (χ0n) is 16.9. The van der Waals surface area contributed by atoms with Gasteiger partial charge >= 0.3 is 6.03 Å². The van der Waals surface area contributed by atoms with Crippen molar-refractivity contribution in [3.63, 3.8) is 0 Å². The molecule has 8 nitrogen and oxygen atoms in total. The second kappa shape index (κ2) is 8.81. The van der Waals surface area contributed by atoms with Crippen LogP contribution in [0.1, 0.15) is 44.9 Å². The summed E-state index contributed by atoms with van der Waals surface area (Å²) in [5, 5.41) is 8.47. The second-order valence-electron chi connectivity index (χ2n) is 7.16. The van der Waals surface area contributed by atoms with Crippen molar-refractivity contribution >= 4 is 23.5 Å². The Morgan fingerprint density at radius 2 is 1.79 bits per heavy atom. The molecular formula is C21H26N4O4. The number of urea groups is 1. The molecule has 1 aromatic heterocycles. The van der Waals surface area contributed by atoms with Crippen LogP contribution in [0.15, 0.2) is 34.9 Å². The van der Waals surface area contributed by atoms with Crippen molar-refractivity contribution in [3.8, 4) is 0 Å². The molecule has 29 heavy (non-hydrogen) atoms. The highest BCUT2D eigenvalue weighted by atomic mass is 16.3. The van der Waals surface area contributed by atoms with Gasteiger partial charge in [0, 0.05) is 37.4 Å². The number of carbonyl (C=O) groups is 3. The highest BCUT2D eigenvalue weighted by Gasteiger charge is 2.25. The molecule has 1 saturated heterocycles. The standard InChI is InChI=1S/C21H26N4O4/c1-13-4-5-15(19(26)22-3)12-18(13)24-21(28)25-9-6-16(7-10-25)23-20(27)17-8-11-29-14(17)2/h4-5,8,11-12,16H,6-7,9-10H2,1-3H3,(H,22,26)(H,23,27)(H,24,28). The molecule has 0 saturated carbocycles. The summed E-state index contributed by atoms with van der Waals surface area (Å²) >= 11 is 0. The molecule has 1 fully saturated rings. The number of anilines is 1. The van der Waals surface area contributed by atoms with Gasteiger partial charge < -0.3 is 25.3 Å². The average Bonchev–Trinajstić information content (AvgIpc) is 3.15. The molecule has 0 aliphatic carbocycles. The van der Waals surface area contributed by atoms with E-state index >= 15 is 0 Å². The normalized spacial score (nSPS) is 14.4. The molecule has 2 aromatic rings. The number of nitrogens with zero attached hydrogens (tertiary/aromatic N) is 1. The number of amides is 4. The van der Waals surface area contributed by atoms with Crippen molar-refractivity contribution < 1.29 is 18.8 Å². The molecule has 0 radical (unpaired) electrons. The van der Waals surface area contributed by atoms with Gasteiger partial charge in [-0.1, -0.05) is 6.07 Å². The number of likely N-dealkylation sites (tertiary alicyclic amines) is 1. The predicted molar refractivity (Wildman–Crippen MR) is 109 cm³/mol. The third kappa shape index (κ3) is 4.77. The van der Waals surface area contributed by atoms with Crippen molar-refractivity contribution in [3.05, 3.63) is 53.0 Å². The van der Waals surface area contributed by atoms with Crippen LogP contribution in [0.25, 0.3) is 0 Å². The summed E-state index contributed by atoms with van der Waals surface area (Å²) in [6.45, 7) is 4.70. The Kier molecular flexibility index (Phi) is 6.21. The number of hydrogen-bond acceptors (Lipinski definition) is 4. The van der Waals surface area contributed by atoms with E-state index in [9.17, 15) is 14.4 Å². The quantitative estimate of drug-likeness (QED) is 0.737. The summed E-state index contributed by atoms with van der Waals surface area (Å²) in [6, 6.07) is 6.66. The largest absolute Gasteiger partial charge is 0.469 e. The summed E-state index contributed by atoms with van der Waals surface area (Å²) < 4.78 is 5.17. The van der Waals surface area contributed by atoms with Gasteiger partial charge in [-0.2, -0.15) is 0 Å². The number of carbonyl (C=O) groups excluding carboxylic acids is 3. The highest BCUT2D eigenvalue weighted by Crippen LogP contribution is 2.19. The van der Waals surface area contributed by atoms with E-state index in [0.717, 1.165) is 5.56 Å². The lowest BCUT2D eigenvalue weighted by Gasteiger charge is -2.32. The first-order valence-electron chi connectivity index (χ1n) is 9.62. The molecule has 154 valence electrons. The predicted octanol–water partition coefficient (Wildman–Crippen LogP) is 2.68. The summed E-state index contributed by atoms with van der Waals surface area (Å²) in [7, 11) is 1.57. The molecule has 1 aliphatic rings. The topological polar surface area (TPSA) is 104 Å². The van der Waals surface area contributed by atoms with Crippen molar-refractivity contribution in [1.82, 2.24) is 15.5 Å². The summed E-state index contributed by atoms with van der Waals surface area (Å²) in [5.74, 6) is 0.236. The number of nitrogens with one attached hydrogen (secondary N) is 3. The van der Waals surface area contributed by atoms with Gasteiger partial charge in [-0.05, 0) is 50.5 Å². The molecule has 1 aliphatic heterocycles. The van der Waals surface area contributed by atoms with Crippen LogP contribution in [0.2, 0.25) is 0 Å². The number of benzene rings is 1. The van der Waals surface area contributed by atoms with Crippen LogP contribution in [0, 0.1) is 13.8 Å². The third-order valence-corrected chi connectivity index (χ3v) is 5.19. The Morgan fingerprint density at radius 3 is 2.41 bits per heavy atom. The van der Waals surface area contributed by atoms with Crippen molar-refractivity contribution in [1.29, 1.82) is 0 Å². The second-order valence-corrected chi connectivity index (χ2v) is 7.16. The molecule has 3 rings (SSSR count). The van der Waals surface area contributed by atoms with Gasteiger partial charge in [0.05, 0.1) is 11.8 Å². The fourth-order valence-electron chi connectivity index (χ4n) is 3.35. The number of piperidine rings is 1. The summed E-state index contributed by atoms with van der Waals surface area (Å²) in [6.07, 6.45) is 2.85. The Morgan fingerprint density at radius 1 is 1.07 bits per heavy atom. The molecule has 4 amide bonds. The number of hydrogen-bond donors (Lipinski definition) is 3. The van der Waals surface area contributed by atoms with Crippen LogP contribution in [-0.4, -0.2) is 48.9 Å². The molecule has 8 heteroatoms. The Balaban J connectivity index is 1.55. The van der Waals surface area contributed by atoms with Gasteiger partial charge in [0.1, 0.15) is 5.76 Å². The first-order chi connectivity index (χ1) is 13.9. The third-order valence-electron chi connectivity index (χ3n) is 5.19. The van der Waals surface area contributed by atoms with E-state index < -0.39 is 0 Å². The fraction of sp³-hybridized carbons (Fsp3) is 0.381. The number of furan rings is 1. The van der Waals surface area contributed by atoms with E-state index in [2.05, 4.69) is 16.0 Å². The fourth-order valence-corrected chi connectivity index (χ4v) is 3.35. The monoisotopic (exact) mass is 398 g/mol. The minimum atomic E-state index is -0.211. The maximum atomic E-state index is 12.6. The molecule has 3 N–H and O–H groups in total. The smallest absolute Gasteiger partial charge is 0.321 e. The lowest BCUT2D eigenvalue weighted by Crippen LogP contribution is -2.47. The average molecular weight is 398 g/mol. The summed E-state index contributed by atoms with van der Waals surface area (Å²) in [4.78, 5) is 38.5. The van der Waals surface area contributed by atoms with E-state index in [1.807, 2.05) is 6.92 Å². The van der Waals surface area contributed by atoms with Crippen LogP contribution in [-0.2, 0) is 0 Å². The maximum absolute atomic E-state index is 12.6. The van der Waals surface area contributed by atoms with Crippen LogP contribution in [0.4, 0.5) is 10.5 Å². The molecular weight excluding hydrogens is 372 g/mol. The summed E-state index contributed by atoms with van der Waals surface area (Å²) in [5.41, 5.74) is 2.52. The zero-order valence-corrected chi connectivity index (χ0v) is 16.9. The number of aryl methyl sites for hydroxylation is 2. The Bertz CT molecular complexity index is 913. The van der Waals surface area contributed by atoms with E-state index in [0.29, 0.717) is 48.5 Å². The van der Waals surface area contributed by atoms with Gasteiger partial charge in [-0.15, -0.1) is 0 Å². The van der Waals surface area contributed by atoms with Crippen LogP contribution >= 0.6 is 0 Å². The lowest BCUT2D eigenvalue weighted by atomic mass is 10.0. The van der Waals surface area contributed by atoms with Crippen molar-refractivity contribution in [2.75, 3.05) is 25.5 Å². The minimum Gasteiger partial charge on any atom is -0.469 e. The van der Waals surface area contributed by atoms with Gasteiger partial charge in [-0.3, -0.25) is 9.59 Å². The van der Waals surface area contributed by atoms with Crippen LogP contribution in [0.5, 0.6) is 0 Å². The SMILES string of the molecule is CNC(=O)c1ccc(C)c(NC(=O)N2CCC(NC(=O)c3ccoc3C)CC2)c1. The minimum absolute atomic E-state index is 0.0131. The van der Waals surface area contributed by atoms with Gasteiger partial charge in [0.25, 0.3) is 11.8 Å². The van der Waals surface area contributed by atoms with E-state index in [1.165, 1.54) is 6.26 Å². The first kappa shape index (κ1) is 20.4. The van der Waals surface area contributed by atoms with E-state index in [-0.39, 0.29) is 23.9 Å².